The minimum atomic E-state index is 0.542. The average Bonchev–Trinajstić information content (AvgIpc) is 2.23. The van der Waals surface area contributed by atoms with Crippen LogP contribution in [0, 0.1) is 12.8 Å². The second-order valence-electron chi connectivity index (χ2n) is 5.04. The Balaban J connectivity index is 2.27. The van der Waals surface area contributed by atoms with Gasteiger partial charge in [0.2, 0.25) is 0 Å². The molecule has 2 atom stereocenters. The fourth-order valence-electron chi connectivity index (χ4n) is 2.51. The lowest BCUT2D eigenvalue weighted by molar-refractivity contribution is 0.376. The maximum atomic E-state index is 6.11. The molecule has 0 radical (unpaired) electrons. The quantitative estimate of drug-likeness (QED) is 0.789. The summed E-state index contributed by atoms with van der Waals surface area (Å²) in [4.78, 5) is 6.79. The average molecular weight is 219 g/mol. The fourth-order valence-corrected chi connectivity index (χ4v) is 2.51. The standard InChI is InChI=1S/C13H21N3/c1-9-5-7-16(11(3)8-9)13-12(14)10(2)4-6-15-13/h4,6,9,11H,5,7-8,14H2,1-3H3. The third kappa shape index (κ3) is 1.99. The number of nitrogens with zero attached hydrogens (tertiary/aromatic N) is 2. The molecule has 88 valence electrons. The molecule has 3 nitrogen and oxygen atoms in total. The Morgan fingerprint density at radius 2 is 2.19 bits per heavy atom. The number of aryl methyl sites for hydroxylation is 1. The zero-order valence-corrected chi connectivity index (χ0v) is 10.4. The van der Waals surface area contributed by atoms with E-state index in [2.05, 4.69) is 23.7 Å². The van der Waals surface area contributed by atoms with Gasteiger partial charge in [0.25, 0.3) is 0 Å². The number of hydrogen-bond acceptors (Lipinski definition) is 3. The largest absolute Gasteiger partial charge is 0.396 e. The number of nitrogen functional groups attached to an aromatic ring is 1. The Bertz CT molecular complexity index is 375. The first-order valence-corrected chi connectivity index (χ1v) is 6.07. The molecule has 0 aromatic carbocycles. The molecule has 1 saturated heterocycles. The van der Waals surface area contributed by atoms with Crippen molar-refractivity contribution in [2.24, 2.45) is 5.92 Å². The van der Waals surface area contributed by atoms with Crippen molar-refractivity contribution < 1.29 is 0 Å². The van der Waals surface area contributed by atoms with Crippen molar-refractivity contribution in [3.8, 4) is 0 Å². The summed E-state index contributed by atoms with van der Waals surface area (Å²) < 4.78 is 0. The van der Waals surface area contributed by atoms with Crippen LogP contribution in [0.5, 0.6) is 0 Å². The van der Waals surface area contributed by atoms with Gasteiger partial charge in [0.1, 0.15) is 0 Å². The van der Waals surface area contributed by atoms with E-state index in [4.69, 9.17) is 5.73 Å². The van der Waals surface area contributed by atoms with Gasteiger partial charge in [-0.25, -0.2) is 4.98 Å². The molecule has 0 saturated carbocycles. The Morgan fingerprint density at radius 1 is 1.44 bits per heavy atom. The number of rotatable bonds is 1. The summed E-state index contributed by atoms with van der Waals surface area (Å²) in [7, 11) is 0. The molecule has 0 aliphatic carbocycles. The van der Waals surface area contributed by atoms with Crippen molar-refractivity contribution in [1.29, 1.82) is 0 Å². The van der Waals surface area contributed by atoms with E-state index in [0.717, 1.165) is 29.5 Å². The van der Waals surface area contributed by atoms with Gasteiger partial charge in [-0.2, -0.15) is 0 Å². The van der Waals surface area contributed by atoms with Crippen molar-refractivity contribution >= 4 is 11.5 Å². The third-order valence-corrected chi connectivity index (χ3v) is 3.60. The van der Waals surface area contributed by atoms with Crippen LogP contribution >= 0.6 is 0 Å². The zero-order chi connectivity index (χ0) is 11.7. The van der Waals surface area contributed by atoms with Gasteiger partial charge in [0.15, 0.2) is 5.82 Å². The van der Waals surface area contributed by atoms with Crippen LogP contribution in [0.25, 0.3) is 0 Å². The Kier molecular flexibility index (Phi) is 3.03. The number of piperidine rings is 1. The zero-order valence-electron chi connectivity index (χ0n) is 10.4. The van der Waals surface area contributed by atoms with Gasteiger partial charge < -0.3 is 10.6 Å². The molecule has 0 amide bonds. The summed E-state index contributed by atoms with van der Waals surface area (Å²) in [5.74, 6) is 1.79. The highest BCUT2D eigenvalue weighted by Gasteiger charge is 2.25. The van der Waals surface area contributed by atoms with Crippen molar-refractivity contribution in [3.05, 3.63) is 17.8 Å². The van der Waals surface area contributed by atoms with Crippen LogP contribution in [0.15, 0.2) is 12.3 Å². The molecule has 0 bridgehead atoms. The van der Waals surface area contributed by atoms with Gasteiger partial charge in [-0.1, -0.05) is 6.92 Å². The molecule has 1 aromatic rings. The number of pyridine rings is 1. The van der Waals surface area contributed by atoms with Gasteiger partial charge in [-0.05, 0) is 44.2 Å². The van der Waals surface area contributed by atoms with E-state index in [0.29, 0.717) is 6.04 Å². The summed E-state index contributed by atoms with van der Waals surface area (Å²) in [6.07, 6.45) is 4.32. The van der Waals surface area contributed by atoms with Crippen LogP contribution in [0.3, 0.4) is 0 Å². The SMILES string of the molecule is Cc1ccnc(N2CCC(C)CC2C)c1N. The van der Waals surface area contributed by atoms with Gasteiger partial charge in [0.05, 0.1) is 5.69 Å². The van der Waals surface area contributed by atoms with E-state index in [1.54, 1.807) is 0 Å². The van der Waals surface area contributed by atoms with Gasteiger partial charge in [-0.3, -0.25) is 0 Å². The Hall–Kier alpha value is -1.25. The molecule has 2 rings (SSSR count). The Morgan fingerprint density at radius 3 is 2.88 bits per heavy atom. The van der Waals surface area contributed by atoms with Crippen LogP contribution in [0.2, 0.25) is 0 Å². The fraction of sp³-hybridized carbons (Fsp3) is 0.615. The topological polar surface area (TPSA) is 42.2 Å². The molecule has 16 heavy (non-hydrogen) atoms. The van der Waals surface area contributed by atoms with Gasteiger partial charge >= 0.3 is 0 Å². The molecule has 1 aromatic heterocycles. The first kappa shape index (κ1) is 11.2. The van der Waals surface area contributed by atoms with Crippen molar-refractivity contribution in [3.63, 3.8) is 0 Å². The summed E-state index contributed by atoms with van der Waals surface area (Å²) in [6, 6.07) is 2.51. The van der Waals surface area contributed by atoms with E-state index < -0.39 is 0 Å². The van der Waals surface area contributed by atoms with E-state index in [9.17, 15) is 0 Å². The predicted molar refractivity (Wildman–Crippen MR) is 68.6 cm³/mol. The van der Waals surface area contributed by atoms with E-state index in [1.807, 2.05) is 19.2 Å². The van der Waals surface area contributed by atoms with E-state index in [-0.39, 0.29) is 0 Å². The molecule has 2 unspecified atom stereocenters. The van der Waals surface area contributed by atoms with Crippen LogP contribution in [-0.2, 0) is 0 Å². The van der Waals surface area contributed by atoms with Crippen LogP contribution in [0.4, 0.5) is 11.5 Å². The first-order chi connectivity index (χ1) is 7.59. The summed E-state index contributed by atoms with van der Waals surface area (Å²) in [6.45, 7) is 7.70. The van der Waals surface area contributed by atoms with Crippen molar-refractivity contribution in [2.45, 2.75) is 39.7 Å². The van der Waals surface area contributed by atoms with E-state index in [1.165, 1.54) is 12.8 Å². The molecule has 1 fully saturated rings. The highest BCUT2D eigenvalue weighted by Crippen LogP contribution is 2.30. The first-order valence-electron chi connectivity index (χ1n) is 6.07. The second-order valence-corrected chi connectivity index (χ2v) is 5.04. The summed E-state index contributed by atoms with van der Waals surface area (Å²) in [5.41, 5.74) is 8.06. The molecular weight excluding hydrogens is 198 g/mol. The second kappa shape index (κ2) is 4.32. The van der Waals surface area contributed by atoms with Crippen LogP contribution < -0.4 is 10.6 Å². The number of nitrogens with two attached hydrogens (primary N) is 1. The summed E-state index contributed by atoms with van der Waals surface area (Å²) in [5, 5.41) is 0. The number of hydrogen-bond donors (Lipinski definition) is 1. The maximum Gasteiger partial charge on any atom is 0.152 e. The van der Waals surface area contributed by atoms with Gasteiger partial charge in [-0.15, -0.1) is 0 Å². The van der Waals surface area contributed by atoms with Gasteiger partial charge in [0, 0.05) is 18.8 Å². The van der Waals surface area contributed by atoms with Crippen molar-refractivity contribution in [2.75, 3.05) is 17.2 Å². The number of anilines is 2. The maximum absolute atomic E-state index is 6.11. The highest BCUT2D eigenvalue weighted by molar-refractivity contribution is 5.66. The molecule has 2 N–H and O–H groups in total. The molecule has 3 heteroatoms. The minimum absolute atomic E-state index is 0.542. The normalized spacial score (nSPS) is 25.8. The minimum Gasteiger partial charge on any atom is -0.396 e. The lowest BCUT2D eigenvalue weighted by Gasteiger charge is -2.38. The lowest BCUT2D eigenvalue weighted by Crippen LogP contribution is -2.41. The van der Waals surface area contributed by atoms with Crippen LogP contribution in [0.1, 0.15) is 32.3 Å². The van der Waals surface area contributed by atoms with E-state index >= 15 is 0 Å². The Labute approximate surface area is 97.7 Å². The third-order valence-electron chi connectivity index (χ3n) is 3.60. The molecule has 1 aliphatic heterocycles. The monoisotopic (exact) mass is 219 g/mol. The number of aromatic nitrogens is 1. The predicted octanol–water partition coefficient (Wildman–Crippen LogP) is 2.60. The molecule has 1 aliphatic rings. The lowest BCUT2D eigenvalue weighted by atomic mass is 9.93. The summed E-state index contributed by atoms with van der Waals surface area (Å²) >= 11 is 0. The van der Waals surface area contributed by atoms with Crippen molar-refractivity contribution in [1.82, 2.24) is 4.98 Å². The molecule has 2 heterocycles. The van der Waals surface area contributed by atoms with Crippen LogP contribution in [-0.4, -0.2) is 17.6 Å². The highest BCUT2D eigenvalue weighted by atomic mass is 15.2. The molecule has 0 spiro atoms. The smallest absolute Gasteiger partial charge is 0.152 e. The molecular formula is C13H21N3.